The minimum Gasteiger partial charge on any atom is -0.443 e. The van der Waals surface area contributed by atoms with Gasteiger partial charge in [-0.1, -0.05) is 0 Å². The Morgan fingerprint density at radius 2 is 1.82 bits per heavy atom. The molecule has 5 nitrogen and oxygen atoms in total. The molecule has 0 unspecified atom stereocenters. The van der Waals surface area contributed by atoms with E-state index in [1.165, 1.54) is 6.21 Å². The lowest BCUT2D eigenvalue weighted by atomic mass is 10.1. The number of ether oxygens (including phenoxy) is 2. The second-order valence-corrected chi connectivity index (χ2v) is 5.73. The van der Waals surface area contributed by atoms with E-state index in [0.29, 0.717) is 16.7 Å². The lowest BCUT2D eigenvalue weighted by Crippen LogP contribution is -2.29. The van der Waals surface area contributed by atoms with E-state index < -0.39 is 18.3 Å². The number of rotatable bonds is 4. The summed E-state index contributed by atoms with van der Waals surface area (Å²) in [7, 11) is 0. The summed E-state index contributed by atoms with van der Waals surface area (Å²) in [5, 5.41) is 3.76. The predicted molar refractivity (Wildman–Crippen MR) is 79.5 cm³/mol. The minimum atomic E-state index is -2.87. The highest BCUT2D eigenvalue weighted by Gasteiger charge is 2.15. The van der Waals surface area contributed by atoms with Gasteiger partial charge in [0.05, 0.1) is 6.21 Å². The second kappa shape index (κ2) is 7.20. The third kappa shape index (κ3) is 6.07. The maximum Gasteiger partial charge on any atom is 0.428 e. The lowest BCUT2D eigenvalue weighted by Gasteiger charge is -2.18. The number of aryl methyl sites for hydroxylation is 2. The highest BCUT2D eigenvalue weighted by atomic mass is 19.3. The number of halogens is 2. The Bertz CT molecular complexity index is 543. The van der Waals surface area contributed by atoms with E-state index in [1.807, 2.05) is 0 Å². The van der Waals surface area contributed by atoms with Crippen LogP contribution in [0.15, 0.2) is 17.2 Å². The SMILES string of the molecule is Cc1cc(/C=N\NC(=O)OC(C)(C)C)cc(C)c1OC(F)F. The Labute approximate surface area is 128 Å². The zero-order valence-electron chi connectivity index (χ0n) is 13.2. The van der Waals surface area contributed by atoms with Crippen LogP contribution in [0.2, 0.25) is 0 Å². The first kappa shape index (κ1) is 17.9. The summed E-state index contributed by atoms with van der Waals surface area (Å²) in [6.07, 6.45) is 0.727. The lowest BCUT2D eigenvalue weighted by molar-refractivity contribution is -0.0507. The number of alkyl halides is 2. The minimum absolute atomic E-state index is 0.146. The summed E-state index contributed by atoms with van der Waals surface area (Å²) >= 11 is 0. The molecular formula is C15H20F2N2O3. The third-order valence-electron chi connectivity index (χ3n) is 2.46. The van der Waals surface area contributed by atoms with Crippen molar-refractivity contribution in [2.24, 2.45) is 5.10 Å². The fraction of sp³-hybridized carbons (Fsp3) is 0.467. The summed E-state index contributed by atoms with van der Waals surface area (Å²) in [4.78, 5) is 11.4. The summed E-state index contributed by atoms with van der Waals surface area (Å²) < 4.78 is 34.1. The van der Waals surface area contributed by atoms with Crippen molar-refractivity contribution in [3.63, 3.8) is 0 Å². The van der Waals surface area contributed by atoms with Crippen LogP contribution in [-0.4, -0.2) is 24.5 Å². The molecule has 0 atom stereocenters. The van der Waals surface area contributed by atoms with Gasteiger partial charge in [0.25, 0.3) is 0 Å². The second-order valence-electron chi connectivity index (χ2n) is 5.73. The normalized spacial score (nSPS) is 11.8. The average Bonchev–Trinajstić information content (AvgIpc) is 2.31. The van der Waals surface area contributed by atoms with Crippen molar-refractivity contribution >= 4 is 12.3 Å². The Morgan fingerprint density at radius 1 is 1.27 bits per heavy atom. The Hall–Kier alpha value is -2.18. The van der Waals surface area contributed by atoms with Crippen molar-refractivity contribution in [3.8, 4) is 5.75 Å². The number of hydrazone groups is 1. The fourth-order valence-corrected chi connectivity index (χ4v) is 1.79. The molecule has 1 rings (SSSR count). The monoisotopic (exact) mass is 314 g/mol. The van der Waals surface area contributed by atoms with Gasteiger partial charge in [0, 0.05) is 0 Å². The Kier molecular flexibility index (Phi) is 5.84. The first-order valence-electron chi connectivity index (χ1n) is 6.66. The van der Waals surface area contributed by atoms with Crippen LogP contribution in [0.4, 0.5) is 13.6 Å². The molecule has 0 heterocycles. The molecule has 1 N–H and O–H groups in total. The molecule has 0 bridgehead atoms. The zero-order valence-corrected chi connectivity index (χ0v) is 13.2. The van der Waals surface area contributed by atoms with Crippen molar-refractivity contribution in [3.05, 3.63) is 28.8 Å². The predicted octanol–water partition coefficient (Wildman–Crippen LogP) is 3.76. The molecule has 0 saturated heterocycles. The average molecular weight is 314 g/mol. The standard InChI is InChI=1S/C15H20F2N2O3/c1-9-6-11(7-10(2)12(9)21-13(16)17)8-18-19-14(20)22-15(3,4)5/h6-8,13H,1-5H3,(H,19,20)/b18-8-. The molecule has 0 saturated carbocycles. The number of hydrogen-bond acceptors (Lipinski definition) is 4. The van der Waals surface area contributed by atoms with Crippen LogP contribution in [0.1, 0.15) is 37.5 Å². The number of nitrogens with one attached hydrogen (secondary N) is 1. The highest BCUT2D eigenvalue weighted by Crippen LogP contribution is 2.25. The molecule has 122 valence electrons. The molecule has 0 radical (unpaired) electrons. The Morgan fingerprint density at radius 3 is 2.27 bits per heavy atom. The maximum atomic E-state index is 12.3. The number of hydrogen-bond donors (Lipinski definition) is 1. The van der Waals surface area contributed by atoms with Gasteiger partial charge in [-0.25, -0.2) is 10.2 Å². The smallest absolute Gasteiger partial charge is 0.428 e. The number of nitrogens with zero attached hydrogens (tertiary/aromatic N) is 1. The first-order valence-corrected chi connectivity index (χ1v) is 6.66. The summed E-state index contributed by atoms with van der Waals surface area (Å²) in [6, 6.07) is 3.26. The highest BCUT2D eigenvalue weighted by molar-refractivity contribution is 5.82. The van der Waals surface area contributed by atoms with Gasteiger partial charge in [0.2, 0.25) is 0 Å². The van der Waals surface area contributed by atoms with Crippen molar-refractivity contribution in [1.29, 1.82) is 0 Å². The summed E-state index contributed by atoms with van der Waals surface area (Å²) in [5.41, 5.74) is 3.38. The first-order chi connectivity index (χ1) is 10.1. The molecule has 7 heteroatoms. The van der Waals surface area contributed by atoms with Gasteiger partial charge >= 0.3 is 12.7 Å². The van der Waals surface area contributed by atoms with E-state index in [4.69, 9.17) is 4.74 Å². The molecular weight excluding hydrogens is 294 g/mol. The van der Waals surface area contributed by atoms with Crippen molar-refractivity contribution in [1.82, 2.24) is 5.43 Å². The number of carbonyl (C=O) groups excluding carboxylic acids is 1. The molecule has 0 fully saturated rings. The van der Waals surface area contributed by atoms with E-state index >= 15 is 0 Å². The van der Waals surface area contributed by atoms with E-state index in [0.717, 1.165) is 0 Å². The largest absolute Gasteiger partial charge is 0.443 e. The molecule has 0 aliphatic carbocycles. The molecule has 1 aromatic rings. The van der Waals surface area contributed by atoms with Crippen LogP contribution in [0.25, 0.3) is 0 Å². The fourth-order valence-electron chi connectivity index (χ4n) is 1.79. The van der Waals surface area contributed by atoms with Crippen molar-refractivity contribution < 1.29 is 23.0 Å². The number of carbonyl (C=O) groups is 1. The number of amides is 1. The van der Waals surface area contributed by atoms with Gasteiger partial charge in [0.15, 0.2) is 0 Å². The molecule has 1 amide bonds. The molecule has 0 spiro atoms. The zero-order chi connectivity index (χ0) is 16.9. The summed E-state index contributed by atoms with van der Waals surface area (Å²) in [6.45, 7) is 5.66. The van der Waals surface area contributed by atoms with Crippen LogP contribution in [0.3, 0.4) is 0 Å². The topological polar surface area (TPSA) is 59.9 Å². The van der Waals surface area contributed by atoms with E-state index in [1.54, 1.807) is 46.8 Å². The van der Waals surface area contributed by atoms with Crippen LogP contribution in [0, 0.1) is 13.8 Å². The van der Waals surface area contributed by atoms with Gasteiger partial charge in [-0.3, -0.25) is 0 Å². The molecule has 22 heavy (non-hydrogen) atoms. The molecule has 0 aromatic heterocycles. The van der Waals surface area contributed by atoms with Gasteiger partial charge < -0.3 is 9.47 Å². The van der Waals surface area contributed by atoms with Crippen LogP contribution < -0.4 is 10.2 Å². The third-order valence-corrected chi connectivity index (χ3v) is 2.46. The van der Waals surface area contributed by atoms with Crippen molar-refractivity contribution in [2.45, 2.75) is 46.8 Å². The molecule has 1 aromatic carbocycles. The van der Waals surface area contributed by atoms with Crippen molar-refractivity contribution in [2.75, 3.05) is 0 Å². The van der Waals surface area contributed by atoms with Gasteiger partial charge in [-0.15, -0.1) is 0 Å². The van der Waals surface area contributed by atoms with E-state index in [2.05, 4.69) is 15.3 Å². The van der Waals surface area contributed by atoms with Crippen LogP contribution in [-0.2, 0) is 4.74 Å². The summed E-state index contributed by atoms with van der Waals surface area (Å²) in [5.74, 6) is 0.146. The van der Waals surface area contributed by atoms with Gasteiger partial charge in [-0.2, -0.15) is 13.9 Å². The number of benzene rings is 1. The molecule has 0 aliphatic heterocycles. The van der Waals surface area contributed by atoms with Gasteiger partial charge in [0.1, 0.15) is 11.4 Å². The van der Waals surface area contributed by atoms with Crippen LogP contribution >= 0.6 is 0 Å². The molecule has 0 aliphatic rings. The van der Waals surface area contributed by atoms with Crippen LogP contribution in [0.5, 0.6) is 5.75 Å². The van der Waals surface area contributed by atoms with E-state index in [-0.39, 0.29) is 5.75 Å². The quantitative estimate of drug-likeness (QED) is 0.680. The maximum absolute atomic E-state index is 12.3. The van der Waals surface area contributed by atoms with E-state index in [9.17, 15) is 13.6 Å². The van der Waals surface area contributed by atoms with Gasteiger partial charge in [-0.05, 0) is 63.4 Å². The Balaban J connectivity index is 2.75.